The minimum atomic E-state index is -1.52. The number of Topliss-reactive ketones (excluding diaryl/α,β-unsaturated/α-hetero) is 1. The normalized spacial score (nSPS) is 18.2. The monoisotopic (exact) mass is 257 g/mol. The van der Waals surface area contributed by atoms with Gasteiger partial charge in [-0.1, -0.05) is 12.8 Å². The number of ketones is 1. The molecule has 6 heteroatoms. The van der Waals surface area contributed by atoms with Crippen molar-refractivity contribution in [2.24, 2.45) is 0 Å². The molecule has 1 rings (SSSR count). The fourth-order valence-electron chi connectivity index (χ4n) is 2.09. The molecule has 0 saturated heterocycles. The predicted octanol–water partition coefficient (Wildman–Crippen LogP) is 1.48. The lowest BCUT2D eigenvalue weighted by atomic mass is 9.92. The van der Waals surface area contributed by atoms with Gasteiger partial charge >= 0.3 is 12.1 Å². The molecule has 0 aromatic heterocycles. The van der Waals surface area contributed by atoms with Crippen LogP contribution in [0.2, 0.25) is 0 Å². The van der Waals surface area contributed by atoms with Crippen LogP contribution in [0.15, 0.2) is 0 Å². The first-order valence-corrected chi connectivity index (χ1v) is 5.95. The Labute approximate surface area is 106 Å². The average Bonchev–Trinajstić information content (AvgIpc) is 2.62. The topological polar surface area (TPSA) is 92.7 Å². The number of carbonyl (C=O) groups is 3. The van der Waals surface area contributed by atoms with Crippen molar-refractivity contribution in [2.45, 2.75) is 57.6 Å². The molecule has 1 aliphatic carbocycles. The summed E-state index contributed by atoms with van der Waals surface area (Å²) in [7, 11) is 0. The van der Waals surface area contributed by atoms with Crippen molar-refractivity contribution >= 4 is 17.8 Å². The Morgan fingerprint density at radius 3 is 2.06 bits per heavy atom. The van der Waals surface area contributed by atoms with Gasteiger partial charge in [-0.15, -0.1) is 0 Å². The van der Waals surface area contributed by atoms with Crippen molar-refractivity contribution in [2.75, 3.05) is 0 Å². The molecule has 1 fully saturated rings. The molecule has 6 nitrogen and oxygen atoms in total. The maximum atomic E-state index is 11.7. The third kappa shape index (κ3) is 3.45. The van der Waals surface area contributed by atoms with Gasteiger partial charge in [0, 0.05) is 0 Å². The van der Waals surface area contributed by atoms with Gasteiger partial charge < -0.3 is 15.2 Å². The Morgan fingerprint density at radius 2 is 1.67 bits per heavy atom. The van der Waals surface area contributed by atoms with Crippen LogP contribution in [-0.4, -0.2) is 34.1 Å². The number of nitrogens with one attached hydrogen (secondary N) is 1. The number of carbonyl (C=O) groups excluding carboxylic acids is 2. The molecule has 1 saturated carbocycles. The molecule has 1 amide bonds. The van der Waals surface area contributed by atoms with Gasteiger partial charge in [-0.05, 0) is 33.6 Å². The molecule has 0 radical (unpaired) electrons. The highest BCUT2D eigenvalue weighted by atomic mass is 16.6. The zero-order valence-electron chi connectivity index (χ0n) is 10.9. The van der Waals surface area contributed by atoms with Crippen LogP contribution in [0.5, 0.6) is 0 Å². The van der Waals surface area contributed by atoms with E-state index < -0.39 is 29.0 Å². The third-order valence-electron chi connectivity index (χ3n) is 2.83. The lowest BCUT2D eigenvalue weighted by Crippen LogP contribution is -2.55. The van der Waals surface area contributed by atoms with Crippen molar-refractivity contribution in [3.63, 3.8) is 0 Å². The number of aliphatic carboxylic acids is 1. The predicted molar refractivity (Wildman–Crippen MR) is 63.2 cm³/mol. The van der Waals surface area contributed by atoms with Gasteiger partial charge in [0.25, 0.3) is 5.78 Å². The van der Waals surface area contributed by atoms with Crippen LogP contribution >= 0.6 is 0 Å². The molecule has 0 bridgehead atoms. The van der Waals surface area contributed by atoms with Gasteiger partial charge in [0.15, 0.2) is 0 Å². The smallest absolute Gasteiger partial charge is 0.408 e. The zero-order valence-corrected chi connectivity index (χ0v) is 10.9. The summed E-state index contributed by atoms with van der Waals surface area (Å²) in [4.78, 5) is 34.2. The van der Waals surface area contributed by atoms with Crippen LogP contribution in [0, 0.1) is 0 Å². The molecule has 2 N–H and O–H groups in total. The Morgan fingerprint density at radius 1 is 1.17 bits per heavy atom. The SMILES string of the molecule is CC(C)(C)OC(=O)NC1(C(=O)C(=O)O)CCCC1. The fraction of sp³-hybridized carbons (Fsp3) is 0.750. The number of hydrogen-bond acceptors (Lipinski definition) is 4. The summed E-state index contributed by atoms with van der Waals surface area (Å²) in [6, 6.07) is 0. The summed E-state index contributed by atoms with van der Waals surface area (Å²) < 4.78 is 5.06. The molecule has 0 atom stereocenters. The minimum absolute atomic E-state index is 0.345. The van der Waals surface area contributed by atoms with E-state index in [4.69, 9.17) is 9.84 Å². The van der Waals surface area contributed by atoms with Gasteiger partial charge in [-0.3, -0.25) is 4.79 Å². The Bertz CT molecular complexity index is 363. The van der Waals surface area contributed by atoms with Crippen molar-refractivity contribution in [3.05, 3.63) is 0 Å². The summed E-state index contributed by atoms with van der Waals surface area (Å²) in [6.07, 6.45) is 1.37. The van der Waals surface area contributed by atoms with Gasteiger partial charge in [-0.2, -0.15) is 0 Å². The number of carboxylic acid groups (broad SMARTS) is 1. The average molecular weight is 257 g/mol. The molecule has 18 heavy (non-hydrogen) atoms. The number of carboxylic acids is 1. The van der Waals surface area contributed by atoms with Gasteiger partial charge in [0.05, 0.1) is 0 Å². The summed E-state index contributed by atoms with van der Waals surface area (Å²) >= 11 is 0. The summed E-state index contributed by atoms with van der Waals surface area (Å²) in [5, 5.41) is 11.2. The summed E-state index contributed by atoms with van der Waals surface area (Å²) in [5.41, 5.74) is -1.98. The first-order valence-electron chi connectivity index (χ1n) is 5.95. The highest BCUT2D eigenvalue weighted by Gasteiger charge is 2.46. The molecule has 0 spiro atoms. The maximum absolute atomic E-state index is 11.7. The summed E-state index contributed by atoms with van der Waals surface area (Å²) in [6.45, 7) is 5.10. The van der Waals surface area contributed by atoms with Crippen LogP contribution in [0.25, 0.3) is 0 Å². The second kappa shape index (κ2) is 4.96. The van der Waals surface area contributed by atoms with E-state index in [0.29, 0.717) is 12.8 Å². The highest BCUT2D eigenvalue weighted by molar-refractivity contribution is 6.36. The number of rotatable bonds is 3. The molecule has 102 valence electrons. The lowest BCUT2D eigenvalue weighted by molar-refractivity contribution is -0.152. The molecule has 0 heterocycles. The van der Waals surface area contributed by atoms with E-state index >= 15 is 0 Å². The summed E-state index contributed by atoms with van der Waals surface area (Å²) in [5.74, 6) is -2.49. The standard InChI is InChI=1S/C12H19NO5/c1-11(2,3)18-10(17)13-12(6-4-5-7-12)8(14)9(15)16/h4-7H2,1-3H3,(H,13,17)(H,15,16). The number of alkyl carbamates (subject to hydrolysis) is 1. The van der Waals surface area contributed by atoms with E-state index in [-0.39, 0.29) is 0 Å². The van der Waals surface area contributed by atoms with E-state index in [0.717, 1.165) is 12.8 Å². The first-order chi connectivity index (χ1) is 8.16. The zero-order chi connectivity index (χ0) is 14.0. The molecule has 0 aliphatic heterocycles. The molecular formula is C12H19NO5. The Kier molecular flexibility index (Phi) is 3.98. The molecule has 1 aliphatic rings. The van der Waals surface area contributed by atoms with Crippen LogP contribution < -0.4 is 5.32 Å². The highest BCUT2D eigenvalue weighted by Crippen LogP contribution is 2.31. The van der Waals surface area contributed by atoms with Crippen molar-refractivity contribution in [1.82, 2.24) is 5.32 Å². The second-order valence-electron chi connectivity index (χ2n) is 5.55. The van der Waals surface area contributed by atoms with Gasteiger partial charge in [-0.25, -0.2) is 9.59 Å². The maximum Gasteiger partial charge on any atom is 0.408 e. The van der Waals surface area contributed by atoms with E-state index in [1.165, 1.54) is 0 Å². The van der Waals surface area contributed by atoms with Crippen molar-refractivity contribution in [1.29, 1.82) is 0 Å². The van der Waals surface area contributed by atoms with Crippen LogP contribution in [-0.2, 0) is 14.3 Å². The van der Waals surface area contributed by atoms with E-state index in [2.05, 4.69) is 5.32 Å². The van der Waals surface area contributed by atoms with E-state index in [1.807, 2.05) is 0 Å². The van der Waals surface area contributed by atoms with Gasteiger partial charge in [0.2, 0.25) is 0 Å². The minimum Gasteiger partial charge on any atom is -0.475 e. The van der Waals surface area contributed by atoms with Gasteiger partial charge in [0.1, 0.15) is 11.1 Å². The number of amides is 1. The van der Waals surface area contributed by atoms with E-state index in [1.54, 1.807) is 20.8 Å². The molecule has 0 aromatic carbocycles. The fourth-order valence-corrected chi connectivity index (χ4v) is 2.09. The van der Waals surface area contributed by atoms with Crippen LogP contribution in [0.1, 0.15) is 46.5 Å². The van der Waals surface area contributed by atoms with Crippen LogP contribution in [0.4, 0.5) is 4.79 Å². The third-order valence-corrected chi connectivity index (χ3v) is 2.83. The first kappa shape index (κ1) is 14.5. The Hall–Kier alpha value is -1.59. The molecular weight excluding hydrogens is 238 g/mol. The molecule has 0 aromatic rings. The number of ether oxygens (including phenoxy) is 1. The van der Waals surface area contributed by atoms with Crippen molar-refractivity contribution in [3.8, 4) is 0 Å². The second-order valence-corrected chi connectivity index (χ2v) is 5.55. The number of hydrogen-bond donors (Lipinski definition) is 2. The van der Waals surface area contributed by atoms with E-state index in [9.17, 15) is 14.4 Å². The van der Waals surface area contributed by atoms with Crippen LogP contribution in [0.3, 0.4) is 0 Å². The quantitative estimate of drug-likeness (QED) is 0.747. The molecule has 0 unspecified atom stereocenters. The largest absolute Gasteiger partial charge is 0.475 e. The van der Waals surface area contributed by atoms with Crippen molar-refractivity contribution < 1.29 is 24.2 Å². The Balaban J connectivity index is 2.78. The lowest BCUT2D eigenvalue weighted by Gasteiger charge is -2.28.